The quantitative estimate of drug-likeness (QED) is 0.311. The predicted octanol–water partition coefficient (Wildman–Crippen LogP) is -0.209. The van der Waals surface area contributed by atoms with Gasteiger partial charge in [-0.1, -0.05) is 11.3 Å². The summed E-state index contributed by atoms with van der Waals surface area (Å²) in [4.78, 5) is 21.9. The van der Waals surface area contributed by atoms with E-state index < -0.39 is 11.9 Å². The van der Waals surface area contributed by atoms with Gasteiger partial charge < -0.3 is 4.74 Å². The van der Waals surface area contributed by atoms with Gasteiger partial charge in [-0.25, -0.2) is 9.59 Å². The number of hydrogen-bond acceptors (Lipinski definition) is 3. The molecule has 12 heavy (non-hydrogen) atoms. The summed E-state index contributed by atoms with van der Waals surface area (Å²) in [7, 11) is 3.24. The number of fused-ring (bicyclic) bond motifs is 1. The lowest BCUT2D eigenvalue weighted by Gasteiger charge is -1.92. The third-order valence-electron chi connectivity index (χ3n) is 1.64. The van der Waals surface area contributed by atoms with Gasteiger partial charge in [-0.15, -0.1) is 0 Å². The molecule has 1 aromatic carbocycles. The number of esters is 2. The zero-order valence-electron chi connectivity index (χ0n) is 5.96. The largest absolute Gasteiger partial charge is 0.386 e. The van der Waals surface area contributed by atoms with Crippen LogP contribution in [0.3, 0.4) is 0 Å². The highest BCUT2D eigenvalue weighted by atomic mass is 28.1. The van der Waals surface area contributed by atoms with Crippen LogP contribution < -0.4 is 5.19 Å². The topological polar surface area (TPSA) is 43.4 Å². The highest BCUT2D eigenvalue weighted by Crippen LogP contribution is 2.17. The van der Waals surface area contributed by atoms with E-state index in [1.807, 2.05) is 0 Å². The van der Waals surface area contributed by atoms with E-state index in [9.17, 15) is 9.59 Å². The first-order valence-electron chi connectivity index (χ1n) is 3.30. The Morgan fingerprint density at radius 3 is 2.50 bits per heavy atom. The van der Waals surface area contributed by atoms with Crippen LogP contribution in [0.5, 0.6) is 0 Å². The van der Waals surface area contributed by atoms with Crippen molar-refractivity contribution >= 4 is 27.4 Å². The lowest BCUT2D eigenvalue weighted by Crippen LogP contribution is -2.05. The molecular weight excluding hydrogens is 172 g/mol. The number of benzene rings is 1. The first-order chi connectivity index (χ1) is 5.68. The Labute approximate surface area is 71.8 Å². The fourth-order valence-electron chi connectivity index (χ4n) is 1.09. The minimum Gasteiger partial charge on any atom is -0.386 e. The van der Waals surface area contributed by atoms with Crippen LogP contribution in [-0.4, -0.2) is 22.2 Å². The summed E-state index contributed by atoms with van der Waals surface area (Å²) in [6.45, 7) is 0. The zero-order valence-corrected chi connectivity index (χ0v) is 6.96. The number of cyclic esters (lactones) is 2. The third-order valence-corrected chi connectivity index (χ3v) is 1.96. The van der Waals surface area contributed by atoms with E-state index in [1.54, 1.807) is 18.2 Å². The summed E-state index contributed by atoms with van der Waals surface area (Å²) in [5.74, 6) is -1.14. The van der Waals surface area contributed by atoms with Crippen LogP contribution in [0.4, 0.5) is 0 Å². The molecule has 1 aromatic rings. The van der Waals surface area contributed by atoms with Crippen molar-refractivity contribution in [2.75, 3.05) is 0 Å². The van der Waals surface area contributed by atoms with Crippen molar-refractivity contribution in [2.45, 2.75) is 0 Å². The van der Waals surface area contributed by atoms with Gasteiger partial charge >= 0.3 is 11.9 Å². The predicted molar refractivity (Wildman–Crippen MR) is 41.6 cm³/mol. The van der Waals surface area contributed by atoms with E-state index >= 15 is 0 Å². The molecule has 0 aromatic heterocycles. The molecule has 57 valence electrons. The van der Waals surface area contributed by atoms with Gasteiger partial charge in [0, 0.05) is 0 Å². The van der Waals surface area contributed by atoms with Crippen molar-refractivity contribution in [3.63, 3.8) is 0 Å². The van der Waals surface area contributed by atoms with Crippen LogP contribution in [0.2, 0.25) is 0 Å². The van der Waals surface area contributed by atoms with E-state index in [0.29, 0.717) is 11.1 Å². The van der Waals surface area contributed by atoms with Crippen LogP contribution in [-0.2, 0) is 4.74 Å². The highest BCUT2D eigenvalue weighted by Gasteiger charge is 2.28. The van der Waals surface area contributed by atoms with Crippen LogP contribution in [0.1, 0.15) is 20.7 Å². The molecule has 0 saturated carbocycles. The molecule has 3 radical (unpaired) electrons. The van der Waals surface area contributed by atoms with Crippen LogP contribution in [0.15, 0.2) is 18.2 Å². The Kier molecular flexibility index (Phi) is 1.38. The first-order valence-corrected chi connectivity index (χ1v) is 3.80. The second-order valence-corrected chi connectivity index (χ2v) is 3.01. The Bertz CT molecular complexity index is 384. The Hall–Kier alpha value is -1.42. The summed E-state index contributed by atoms with van der Waals surface area (Å²) in [6, 6.07) is 4.82. The molecule has 2 rings (SSSR count). The molecule has 1 aliphatic heterocycles. The molecule has 0 N–H and O–H groups in total. The molecule has 0 saturated heterocycles. The molecule has 0 bridgehead atoms. The van der Waals surface area contributed by atoms with Gasteiger partial charge in [-0.05, 0) is 12.1 Å². The molecule has 0 aliphatic carbocycles. The van der Waals surface area contributed by atoms with Gasteiger partial charge in [0.25, 0.3) is 0 Å². The molecule has 0 spiro atoms. The smallest absolute Gasteiger partial charge is 0.346 e. The van der Waals surface area contributed by atoms with Crippen molar-refractivity contribution in [1.29, 1.82) is 0 Å². The molecule has 3 nitrogen and oxygen atoms in total. The average Bonchev–Trinajstić information content (AvgIpc) is 2.28. The average molecular weight is 175 g/mol. The van der Waals surface area contributed by atoms with Gasteiger partial charge in [-0.2, -0.15) is 0 Å². The Morgan fingerprint density at radius 1 is 1.08 bits per heavy atom. The number of ether oxygens (including phenoxy) is 1. The van der Waals surface area contributed by atoms with Gasteiger partial charge in [0.05, 0.1) is 21.4 Å². The second-order valence-electron chi connectivity index (χ2n) is 2.44. The number of hydrogen-bond donors (Lipinski definition) is 0. The van der Waals surface area contributed by atoms with Gasteiger partial charge in [0.2, 0.25) is 0 Å². The van der Waals surface area contributed by atoms with Crippen molar-refractivity contribution in [3.05, 3.63) is 29.3 Å². The SMILES string of the molecule is O=C1OC(=O)c2cc([Si])ccc21. The molecular formula is C8H3O3Si. The normalized spacial score (nSPS) is 14.4. The lowest BCUT2D eigenvalue weighted by molar-refractivity contribution is 0.0444. The van der Waals surface area contributed by atoms with Gasteiger partial charge in [0.15, 0.2) is 0 Å². The summed E-state index contributed by atoms with van der Waals surface area (Å²) in [5.41, 5.74) is 0.662. The molecule has 0 amide bonds. The van der Waals surface area contributed by atoms with Crippen molar-refractivity contribution in [2.24, 2.45) is 0 Å². The number of carbonyl (C=O) groups excluding carboxylic acids is 2. The van der Waals surface area contributed by atoms with Crippen molar-refractivity contribution in [3.8, 4) is 0 Å². The minimum absolute atomic E-state index is 0.326. The minimum atomic E-state index is -0.574. The van der Waals surface area contributed by atoms with E-state index in [4.69, 9.17) is 0 Å². The molecule has 1 heterocycles. The molecule has 0 unspecified atom stereocenters. The van der Waals surface area contributed by atoms with Crippen LogP contribution >= 0.6 is 0 Å². The van der Waals surface area contributed by atoms with E-state index in [-0.39, 0.29) is 0 Å². The summed E-state index contributed by atoms with van der Waals surface area (Å²) >= 11 is 0. The monoisotopic (exact) mass is 175 g/mol. The van der Waals surface area contributed by atoms with Crippen molar-refractivity contribution in [1.82, 2.24) is 0 Å². The second kappa shape index (κ2) is 2.28. The molecule has 4 heteroatoms. The standard InChI is InChI=1S/C8H3O3Si/c9-7-5-2-1-4(12)3-6(5)8(10)11-7/h1-3H. The zero-order chi connectivity index (χ0) is 8.72. The lowest BCUT2D eigenvalue weighted by atomic mass is 10.1. The fraction of sp³-hybridized carbons (Fsp3) is 0. The third kappa shape index (κ3) is 0.886. The Balaban J connectivity index is 2.68. The molecule has 0 atom stereocenters. The van der Waals surface area contributed by atoms with Crippen LogP contribution in [0, 0.1) is 0 Å². The maximum absolute atomic E-state index is 11.0. The summed E-state index contributed by atoms with van der Waals surface area (Å²) < 4.78 is 4.39. The highest BCUT2D eigenvalue weighted by molar-refractivity contribution is 6.33. The number of rotatable bonds is 0. The molecule has 1 aliphatic rings. The summed E-state index contributed by atoms with van der Waals surface area (Å²) in [5, 5.41) is 0.750. The van der Waals surface area contributed by atoms with E-state index in [2.05, 4.69) is 15.0 Å². The maximum atomic E-state index is 11.0. The fourth-order valence-corrected chi connectivity index (χ4v) is 1.31. The van der Waals surface area contributed by atoms with E-state index in [1.165, 1.54) is 0 Å². The molecule has 0 fully saturated rings. The number of carbonyl (C=O) groups is 2. The van der Waals surface area contributed by atoms with E-state index in [0.717, 1.165) is 5.19 Å². The first kappa shape index (κ1) is 7.24. The van der Waals surface area contributed by atoms with Gasteiger partial charge in [0.1, 0.15) is 0 Å². The van der Waals surface area contributed by atoms with Gasteiger partial charge in [-0.3, -0.25) is 0 Å². The maximum Gasteiger partial charge on any atom is 0.346 e. The van der Waals surface area contributed by atoms with Crippen molar-refractivity contribution < 1.29 is 14.3 Å². The Morgan fingerprint density at radius 2 is 1.75 bits per heavy atom. The van der Waals surface area contributed by atoms with Crippen LogP contribution in [0.25, 0.3) is 0 Å². The summed E-state index contributed by atoms with van der Waals surface area (Å²) in [6.07, 6.45) is 0.